The van der Waals surface area contributed by atoms with Gasteiger partial charge >= 0.3 is 0 Å². The van der Waals surface area contributed by atoms with E-state index in [-0.39, 0.29) is 24.3 Å². The van der Waals surface area contributed by atoms with E-state index in [9.17, 15) is 9.59 Å². The van der Waals surface area contributed by atoms with E-state index in [0.717, 1.165) is 23.5 Å². The molecule has 0 radical (unpaired) electrons. The molecule has 0 heterocycles. The van der Waals surface area contributed by atoms with Gasteiger partial charge in [0.2, 0.25) is 11.8 Å². The van der Waals surface area contributed by atoms with Crippen molar-refractivity contribution in [3.63, 3.8) is 0 Å². The number of carbonyl (C=O) groups is 2. The summed E-state index contributed by atoms with van der Waals surface area (Å²) in [5, 5.41) is 3.60. The summed E-state index contributed by atoms with van der Waals surface area (Å²) in [6.07, 6.45) is 1.65. The molecule has 0 spiro atoms. The summed E-state index contributed by atoms with van der Waals surface area (Å²) in [5.74, 6) is 1.23. The maximum Gasteiger partial charge on any atom is 0.242 e. The van der Waals surface area contributed by atoms with Crippen LogP contribution in [0.1, 0.15) is 45.6 Å². The molecule has 0 unspecified atom stereocenters. The van der Waals surface area contributed by atoms with Crippen molar-refractivity contribution >= 4 is 23.4 Å². The fraction of sp³-hybridized carbons (Fsp3) is 0.440. The molecule has 32 heavy (non-hydrogen) atoms. The van der Waals surface area contributed by atoms with Crippen LogP contribution in [0.15, 0.2) is 48.5 Å². The first-order chi connectivity index (χ1) is 15.3. The summed E-state index contributed by atoms with van der Waals surface area (Å²) >= 11 is 5.98. The van der Waals surface area contributed by atoms with Gasteiger partial charge in [-0.2, -0.15) is 0 Å². The molecule has 2 aromatic carbocycles. The summed E-state index contributed by atoms with van der Waals surface area (Å²) in [6, 6.07) is 14.1. The zero-order valence-electron chi connectivity index (χ0n) is 19.3. The van der Waals surface area contributed by atoms with Crippen LogP contribution in [-0.2, 0) is 16.1 Å². The number of ether oxygens (including phenoxy) is 2. The summed E-state index contributed by atoms with van der Waals surface area (Å²) in [7, 11) is 1.61. The zero-order valence-corrected chi connectivity index (χ0v) is 20.0. The van der Waals surface area contributed by atoms with Crippen LogP contribution in [0.3, 0.4) is 0 Å². The lowest BCUT2D eigenvalue weighted by atomic mass is 10.1. The molecule has 0 saturated heterocycles. The molecule has 0 fully saturated rings. The van der Waals surface area contributed by atoms with E-state index in [2.05, 4.69) is 5.32 Å². The van der Waals surface area contributed by atoms with E-state index in [1.54, 1.807) is 31.1 Å². The quantitative estimate of drug-likeness (QED) is 0.460. The third-order valence-electron chi connectivity index (χ3n) is 5.30. The van der Waals surface area contributed by atoms with Crippen LogP contribution in [-0.4, -0.2) is 42.5 Å². The number of nitrogens with one attached hydrogen (secondary N) is 1. The first-order valence-electron chi connectivity index (χ1n) is 10.9. The number of benzene rings is 2. The maximum atomic E-state index is 13.1. The number of nitrogens with zero attached hydrogens (tertiary/aromatic N) is 1. The van der Waals surface area contributed by atoms with Gasteiger partial charge in [-0.05, 0) is 68.7 Å². The molecular formula is C25H33ClN2O4. The molecule has 0 bridgehead atoms. The number of halogens is 1. The largest absolute Gasteiger partial charge is 0.497 e. The van der Waals surface area contributed by atoms with Crippen LogP contribution < -0.4 is 14.8 Å². The fourth-order valence-corrected chi connectivity index (χ4v) is 3.19. The van der Waals surface area contributed by atoms with Gasteiger partial charge in [-0.25, -0.2) is 0 Å². The molecule has 0 aromatic heterocycles. The summed E-state index contributed by atoms with van der Waals surface area (Å²) in [5.41, 5.74) is 0.917. The highest BCUT2D eigenvalue weighted by Crippen LogP contribution is 2.18. The fourth-order valence-electron chi connectivity index (χ4n) is 3.06. The third kappa shape index (κ3) is 8.08. The highest BCUT2D eigenvalue weighted by Gasteiger charge is 2.26. The summed E-state index contributed by atoms with van der Waals surface area (Å²) < 4.78 is 10.9. The van der Waals surface area contributed by atoms with Crippen LogP contribution in [0, 0.1) is 0 Å². The van der Waals surface area contributed by atoms with Gasteiger partial charge in [-0.3, -0.25) is 9.59 Å². The lowest BCUT2D eigenvalue weighted by Gasteiger charge is -2.29. The van der Waals surface area contributed by atoms with Crippen molar-refractivity contribution in [3.05, 3.63) is 59.1 Å². The second-order valence-electron chi connectivity index (χ2n) is 7.77. The number of rotatable bonds is 12. The Balaban J connectivity index is 1.98. The van der Waals surface area contributed by atoms with E-state index in [4.69, 9.17) is 21.1 Å². The van der Waals surface area contributed by atoms with Gasteiger partial charge in [0, 0.05) is 24.0 Å². The van der Waals surface area contributed by atoms with E-state index >= 15 is 0 Å². The molecule has 2 rings (SSSR count). The first-order valence-corrected chi connectivity index (χ1v) is 11.3. The van der Waals surface area contributed by atoms with Crippen molar-refractivity contribution in [1.29, 1.82) is 0 Å². The predicted molar refractivity (Wildman–Crippen MR) is 127 cm³/mol. The van der Waals surface area contributed by atoms with Gasteiger partial charge in [0.1, 0.15) is 17.5 Å². The Morgan fingerprint density at radius 3 is 2.25 bits per heavy atom. The van der Waals surface area contributed by atoms with Crippen LogP contribution >= 0.6 is 11.6 Å². The number of amides is 2. The van der Waals surface area contributed by atoms with Gasteiger partial charge in [-0.15, -0.1) is 0 Å². The van der Waals surface area contributed by atoms with Gasteiger partial charge in [-0.1, -0.05) is 30.7 Å². The molecule has 2 aromatic rings. The molecule has 7 heteroatoms. The molecule has 0 aliphatic rings. The average Bonchev–Trinajstić information content (AvgIpc) is 2.81. The summed E-state index contributed by atoms with van der Waals surface area (Å²) in [6.45, 7) is 6.46. The van der Waals surface area contributed by atoms with E-state index in [1.807, 2.05) is 50.2 Å². The second kappa shape index (κ2) is 13.0. The van der Waals surface area contributed by atoms with Crippen molar-refractivity contribution < 1.29 is 19.1 Å². The molecule has 0 saturated carbocycles. The average molecular weight is 461 g/mol. The lowest BCUT2D eigenvalue weighted by molar-refractivity contribution is -0.141. The number of methoxy groups -OCH3 is 1. The highest BCUT2D eigenvalue weighted by atomic mass is 35.5. The molecule has 2 atom stereocenters. The molecule has 0 aliphatic heterocycles. The van der Waals surface area contributed by atoms with Gasteiger partial charge < -0.3 is 19.7 Å². The lowest BCUT2D eigenvalue weighted by Crippen LogP contribution is -2.49. The number of hydrogen-bond acceptors (Lipinski definition) is 4. The smallest absolute Gasteiger partial charge is 0.242 e. The first kappa shape index (κ1) is 25.5. The molecule has 1 N–H and O–H groups in total. The van der Waals surface area contributed by atoms with E-state index in [0.29, 0.717) is 24.6 Å². The minimum Gasteiger partial charge on any atom is -0.497 e. The molecular weight excluding hydrogens is 428 g/mol. The Morgan fingerprint density at radius 1 is 1.03 bits per heavy atom. The van der Waals surface area contributed by atoms with Gasteiger partial charge in [0.05, 0.1) is 13.7 Å². The SMILES string of the molecule is CC[C@H](C)NC(=O)[C@@H](C)N(Cc1ccc(Cl)cc1)C(=O)CCCOc1ccc(OC)cc1. The van der Waals surface area contributed by atoms with Crippen molar-refractivity contribution in [2.45, 2.75) is 58.7 Å². The minimum atomic E-state index is -0.588. The monoisotopic (exact) mass is 460 g/mol. The van der Waals surface area contributed by atoms with Crippen molar-refractivity contribution in [3.8, 4) is 11.5 Å². The maximum absolute atomic E-state index is 13.1. The highest BCUT2D eigenvalue weighted by molar-refractivity contribution is 6.30. The Labute approximate surface area is 195 Å². The van der Waals surface area contributed by atoms with Crippen LogP contribution in [0.4, 0.5) is 0 Å². The van der Waals surface area contributed by atoms with Crippen LogP contribution in [0.5, 0.6) is 11.5 Å². The molecule has 6 nitrogen and oxygen atoms in total. The van der Waals surface area contributed by atoms with Crippen molar-refractivity contribution in [2.75, 3.05) is 13.7 Å². The molecule has 0 aliphatic carbocycles. The normalized spacial score (nSPS) is 12.5. The third-order valence-corrected chi connectivity index (χ3v) is 5.55. The Kier molecular flexibility index (Phi) is 10.3. The van der Waals surface area contributed by atoms with Crippen molar-refractivity contribution in [2.24, 2.45) is 0 Å². The van der Waals surface area contributed by atoms with Crippen LogP contribution in [0.2, 0.25) is 5.02 Å². The second-order valence-corrected chi connectivity index (χ2v) is 8.21. The van der Waals surface area contributed by atoms with Crippen molar-refractivity contribution in [1.82, 2.24) is 10.2 Å². The predicted octanol–water partition coefficient (Wildman–Crippen LogP) is 4.84. The molecule has 174 valence electrons. The standard InChI is InChI=1S/C25H33ClN2O4/c1-5-18(2)27-25(30)19(3)28(17-20-8-10-21(26)11-9-20)24(29)7-6-16-32-23-14-12-22(31-4)13-15-23/h8-15,18-19H,5-7,16-17H2,1-4H3,(H,27,30)/t18-,19+/m0/s1. The van der Waals surface area contributed by atoms with E-state index in [1.165, 1.54) is 0 Å². The Hall–Kier alpha value is -2.73. The Morgan fingerprint density at radius 2 is 1.66 bits per heavy atom. The summed E-state index contributed by atoms with van der Waals surface area (Å²) in [4.78, 5) is 27.4. The van der Waals surface area contributed by atoms with Gasteiger partial charge in [0.15, 0.2) is 0 Å². The molecule has 2 amide bonds. The topological polar surface area (TPSA) is 67.9 Å². The zero-order chi connectivity index (χ0) is 23.5. The van der Waals surface area contributed by atoms with E-state index < -0.39 is 6.04 Å². The van der Waals surface area contributed by atoms with Gasteiger partial charge in [0.25, 0.3) is 0 Å². The number of hydrogen-bond donors (Lipinski definition) is 1. The van der Waals surface area contributed by atoms with Crippen LogP contribution in [0.25, 0.3) is 0 Å². The minimum absolute atomic E-state index is 0.0512. The number of carbonyl (C=O) groups excluding carboxylic acids is 2. The Bertz CT molecular complexity index is 855.